The maximum Gasteiger partial charge on any atom is 0.113 e. The first-order valence-electron chi connectivity index (χ1n) is 7.69. The van der Waals surface area contributed by atoms with Crippen molar-refractivity contribution in [3.8, 4) is 0 Å². The molecule has 0 aliphatic heterocycles. The van der Waals surface area contributed by atoms with Gasteiger partial charge in [-0.1, -0.05) is 33.6 Å². The van der Waals surface area contributed by atoms with Gasteiger partial charge in [-0.05, 0) is 38.5 Å². The number of aromatic nitrogens is 1. The minimum absolute atomic E-state index is 0.115. The van der Waals surface area contributed by atoms with Gasteiger partial charge in [0.15, 0.2) is 0 Å². The number of thiazole rings is 1. The summed E-state index contributed by atoms with van der Waals surface area (Å²) in [6, 6.07) is 0.506. The minimum Gasteiger partial charge on any atom is -0.303 e. The van der Waals surface area contributed by atoms with Gasteiger partial charge in [-0.25, -0.2) is 4.98 Å². The zero-order chi connectivity index (χ0) is 14.0. The summed E-state index contributed by atoms with van der Waals surface area (Å²) in [5.74, 6) is 1.20. The Morgan fingerprint density at radius 3 is 2.58 bits per heavy atom. The maximum atomic E-state index is 4.97. The largest absolute Gasteiger partial charge is 0.303 e. The molecule has 0 radical (unpaired) electrons. The van der Waals surface area contributed by atoms with Crippen molar-refractivity contribution < 1.29 is 0 Å². The highest BCUT2D eigenvalue weighted by atomic mass is 32.1. The third kappa shape index (κ3) is 3.03. The Morgan fingerprint density at radius 2 is 2.05 bits per heavy atom. The summed E-state index contributed by atoms with van der Waals surface area (Å²) in [5, 5.41) is 7.43. The van der Waals surface area contributed by atoms with Crippen molar-refractivity contribution in [2.24, 2.45) is 5.92 Å². The molecule has 1 saturated carbocycles. The molecule has 2 nitrogen and oxygen atoms in total. The maximum absolute atomic E-state index is 4.97. The predicted octanol–water partition coefficient (Wildman–Crippen LogP) is 4.67. The van der Waals surface area contributed by atoms with E-state index in [1.165, 1.54) is 36.4 Å². The molecule has 1 aliphatic rings. The van der Waals surface area contributed by atoms with Gasteiger partial charge in [0.1, 0.15) is 5.01 Å². The summed E-state index contributed by atoms with van der Waals surface area (Å²) < 4.78 is 0. The first-order valence-corrected chi connectivity index (χ1v) is 8.57. The van der Waals surface area contributed by atoms with Gasteiger partial charge in [0, 0.05) is 11.4 Å². The Morgan fingerprint density at radius 1 is 1.32 bits per heavy atom. The van der Waals surface area contributed by atoms with Crippen molar-refractivity contribution in [3.63, 3.8) is 0 Å². The van der Waals surface area contributed by atoms with Crippen molar-refractivity contribution >= 4 is 11.3 Å². The lowest BCUT2D eigenvalue weighted by Crippen LogP contribution is -2.52. The topological polar surface area (TPSA) is 24.9 Å². The Bertz CT molecular complexity index is 411. The SMILES string of the molecule is CC(C)NC1(c2nc(C(C)C)cs2)CCCCC1C. The van der Waals surface area contributed by atoms with Gasteiger partial charge in [0.2, 0.25) is 0 Å². The first-order chi connectivity index (χ1) is 8.95. The molecule has 1 aromatic rings. The third-order valence-electron chi connectivity index (χ3n) is 4.34. The molecule has 19 heavy (non-hydrogen) atoms. The van der Waals surface area contributed by atoms with E-state index in [0.717, 1.165) is 0 Å². The van der Waals surface area contributed by atoms with Crippen molar-refractivity contribution in [3.05, 3.63) is 16.1 Å². The van der Waals surface area contributed by atoms with Crippen molar-refractivity contribution in [1.82, 2.24) is 10.3 Å². The Labute approximate surface area is 122 Å². The number of nitrogens with zero attached hydrogens (tertiary/aromatic N) is 1. The zero-order valence-corrected chi connectivity index (χ0v) is 13.8. The van der Waals surface area contributed by atoms with Crippen LogP contribution in [0.4, 0.5) is 0 Å². The summed E-state index contributed by atoms with van der Waals surface area (Å²) in [7, 11) is 0. The molecule has 0 spiro atoms. The van der Waals surface area contributed by atoms with Crippen LogP contribution < -0.4 is 5.32 Å². The second-order valence-corrected chi connectivity index (χ2v) is 7.51. The van der Waals surface area contributed by atoms with E-state index in [1.807, 2.05) is 11.3 Å². The number of rotatable bonds is 4. The van der Waals surface area contributed by atoms with E-state index in [2.05, 4.69) is 45.3 Å². The van der Waals surface area contributed by atoms with E-state index < -0.39 is 0 Å². The summed E-state index contributed by atoms with van der Waals surface area (Å²) in [6.07, 6.45) is 5.24. The van der Waals surface area contributed by atoms with Gasteiger partial charge < -0.3 is 5.32 Å². The second-order valence-electron chi connectivity index (χ2n) is 6.65. The standard InChI is InChI=1S/C16H28N2S/c1-11(2)14-10-19-15(17-14)16(18-12(3)4)9-7-6-8-13(16)5/h10-13,18H,6-9H2,1-5H3. The van der Waals surface area contributed by atoms with Crippen molar-refractivity contribution in [1.29, 1.82) is 0 Å². The van der Waals surface area contributed by atoms with E-state index in [0.29, 0.717) is 17.9 Å². The van der Waals surface area contributed by atoms with Crippen molar-refractivity contribution in [2.75, 3.05) is 0 Å². The fraction of sp³-hybridized carbons (Fsp3) is 0.812. The monoisotopic (exact) mass is 280 g/mol. The van der Waals surface area contributed by atoms with Crippen LogP contribution in [0.15, 0.2) is 5.38 Å². The van der Waals surface area contributed by atoms with E-state index in [-0.39, 0.29) is 5.54 Å². The molecule has 1 aromatic heterocycles. The van der Waals surface area contributed by atoms with Gasteiger partial charge in [-0.3, -0.25) is 0 Å². The van der Waals surface area contributed by atoms with Gasteiger partial charge in [0.25, 0.3) is 0 Å². The Balaban J connectivity index is 2.35. The molecule has 2 rings (SSSR count). The fourth-order valence-corrected chi connectivity index (χ4v) is 4.50. The average Bonchev–Trinajstić information content (AvgIpc) is 2.81. The predicted molar refractivity (Wildman–Crippen MR) is 83.8 cm³/mol. The molecule has 1 heterocycles. The van der Waals surface area contributed by atoms with Crippen LogP contribution in [0.5, 0.6) is 0 Å². The lowest BCUT2D eigenvalue weighted by molar-refractivity contribution is 0.141. The number of nitrogens with one attached hydrogen (secondary N) is 1. The van der Waals surface area contributed by atoms with E-state index >= 15 is 0 Å². The second kappa shape index (κ2) is 5.92. The van der Waals surface area contributed by atoms with Crippen LogP contribution in [0, 0.1) is 5.92 Å². The van der Waals surface area contributed by atoms with Crippen LogP contribution in [-0.2, 0) is 5.54 Å². The van der Waals surface area contributed by atoms with E-state index in [9.17, 15) is 0 Å². The molecule has 1 fully saturated rings. The van der Waals surface area contributed by atoms with Crippen LogP contribution in [0.2, 0.25) is 0 Å². The lowest BCUT2D eigenvalue weighted by atomic mass is 9.73. The van der Waals surface area contributed by atoms with Crippen LogP contribution in [0.25, 0.3) is 0 Å². The molecule has 1 aliphatic carbocycles. The molecule has 1 N–H and O–H groups in total. The summed E-state index contributed by atoms with van der Waals surface area (Å²) in [5.41, 5.74) is 1.37. The number of hydrogen-bond donors (Lipinski definition) is 1. The van der Waals surface area contributed by atoms with Crippen LogP contribution in [0.3, 0.4) is 0 Å². The molecule has 3 heteroatoms. The number of hydrogen-bond acceptors (Lipinski definition) is 3. The normalized spacial score (nSPS) is 28.3. The fourth-order valence-electron chi connectivity index (χ4n) is 3.21. The van der Waals surface area contributed by atoms with E-state index in [1.54, 1.807) is 0 Å². The molecule has 0 bridgehead atoms. The van der Waals surface area contributed by atoms with Crippen LogP contribution in [0.1, 0.15) is 76.9 Å². The molecular weight excluding hydrogens is 252 g/mol. The molecule has 0 aromatic carbocycles. The summed E-state index contributed by atoms with van der Waals surface area (Å²) in [6.45, 7) is 11.3. The van der Waals surface area contributed by atoms with Gasteiger partial charge in [-0.15, -0.1) is 11.3 Å². The smallest absolute Gasteiger partial charge is 0.113 e. The molecule has 0 saturated heterocycles. The molecule has 2 unspecified atom stereocenters. The van der Waals surface area contributed by atoms with Gasteiger partial charge >= 0.3 is 0 Å². The Hall–Kier alpha value is -0.410. The highest BCUT2D eigenvalue weighted by molar-refractivity contribution is 7.09. The molecule has 108 valence electrons. The summed E-state index contributed by atoms with van der Waals surface area (Å²) >= 11 is 1.86. The highest BCUT2D eigenvalue weighted by Gasteiger charge is 2.42. The molecule has 0 amide bonds. The third-order valence-corrected chi connectivity index (χ3v) is 5.38. The minimum atomic E-state index is 0.115. The Kier molecular flexibility index (Phi) is 4.67. The zero-order valence-electron chi connectivity index (χ0n) is 13.0. The quantitative estimate of drug-likeness (QED) is 0.867. The molecule has 2 atom stereocenters. The van der Waals surface area contributed by atoms with Gasteiger partial charge in [0.05, 0.1) is 11.2 Å². The van der Waals surface area contributed by atoms with Gasteiger partial charge in [-0.2, -0.15) is 0 Å². The van der Waals surface area contributed by atoms with Crippen LogP contribution >= 0.6 is 11.3 Å². The lowest BCUT2D eigenvalue weighted by Gasteiger charge is -2.43. The molecular formula is C16H28N2S. The van der Waals surface area contributed by atoms with Crippen LogP contribution in [-0.4, -0.2) is 11.0 Å². The van der Waals surface area contributed by atoms with E-state index in [4.69, 9.17) is 4.98 Å². The summed E-state index contributed by atoms with van der Waals surface area (Å²) in [4.78, 5) is 4.97. The van der Waals surface area contributed by atoms with Crippen molar-refractivity contribution in [2.45, 2.75) is 77.8 Å². The average molecular weight is 280 g/mol. The first kappa shape index (κ1) is 15.0. The highest BCUT2D eigenvalue weighted by Crippen LogP contribution is 2.43.